The molecule has 2 amide bonds. The van der Waals surface area contributed by atoms with Gasteiger partial charge in [-0.25, -0.2) is 19.7 Å². The average Bonchev–Trinajstić information content (AvgIpc) is 3.56. The van der Waals surface area contributed by atoms with Crippen LogP contribution in [0.15, 0.2) is 49.1 Å². The second-order valence-electron chi connectivity index (χ2n) is 8.18. The van der Waals surface area contributed by atoms with Gasteiger partial charge in [-0.15, -0.1) is 0 Å². The lowest BCUT2D eigenvalue weighted by atomic mass is 10.1. The van der Waals surface area contributed by atoms with Gasteiger partial charge in [0.2, 0.25) is 0 Å². The van der Waals surface area contributed by atoms with Crippen LogP contribution >= 0.6 is 7.82 Å². The lowest BCUT2D eigenvalue weighted by molar-refractivity contribution is -0.343. The summed E-state index contributed by atoms with van der Waals surface area (Å²) in [5.41, 5.74) is 1.57. The Morgan fingerprint density at radius 2 is 1.95 bits per heavy atom. The number of phosphoric ester groups is 1. The molecular weight excluding hydrogens is 507 g/mol. The smallest absolute Gasteiger partial charge is 0.320 e. The Labute approximate surface area is 210 Å². The van der Waals surface area contributed by atoms with E-state index in [1.165, 1.54) is 12.7 Å². The van der Waals surface area contributed by atoms with Crippen LogP contribution in [0.2, 0.25) is 0 Å². The predicted octanol–water partition coefficient (Wildman–Crippen LogP) is 0.534. The molecule has 0 saturated carbocycles. The molecule has 5 rings (SSSR count). The number of benzene rings is 1. The summed E-state index contributed by atoms with van der Waals surface area (Å²) in [6.45, 7) is 1.66. The Morgan fingerprint density at radius 3 is 2.70 bits per heavy atom. The standard InChI is InChI=1S/C22H25N6O8P/c1-2-23-22(29)27-19-16-20(25-11-24-19)28(12-26-16)21-18-17(14(34-21)10-33-37(30,31)32)35-15(36-18)9-8-13-6-4-3-5-7-13/h3-9,11-12,14-15,17-18,21H,2,10H2,1H3,(H2,30,31,32)(H2,23,24,25,27,29)/p-2. The summed E-state index contributed by atoms with van der Waals surface area (Å²) in [5, 5.41) is 5.23. The van der Waals surface area contributed by atoms with Crippen molar-refractivity contribution >= 4 is 36.9 Å². The topological polar surface area (TPSA) is 185 Å². The molecule has 2 N–H and O–H groups in total. The van der Waals surface area contributed by atoms with Crippen LogP contribution < -0.4 is 20.4 Å². The quantitative estimate of drug-likeness (QED) is 0.387. The number of amides is 2. The minimum atomic E-state index is -5.24. The van der Waals surface area contributed by atoms with Crippen LogP contribution in [-0.2, 0) is 23.3 Å². The lowest BCUT2D eigenvalue weighted by Crippen LogP contribution is -2.33. The summed E-state index contributed by atoms with van der Waals surface area (Å²) in [6.07, 6.45) is 2.21. The maximum atomic E-state index is 12.0. The molecule has 5 unspecified atom stereocenters. The number of carbonyl (C=O) groups is 1. The van der Waals surface area contributed by atoms with E-state index < -0.39 is 51.3 Å². The molecule has 0 bridgehead atoms. The van der Waals surface area contributed by atoms with E-state index in [0.29, 0.717) is 17.7 Å². The molecule has 2 aliphatic heterocycles. The van der Waals surface area contributed by atoms with Crippen LogP contribution in [0, 0.1) is 0 Å². The van der Waals surface area contributed by atoms with Gasteiger partial charge in [-0.2, -0.15) is 0 Å². The highest BCUT2D eigenvalue weighted by Crippen LogP contribution is 2.42. The number of imidazole rings is 1. The van der Waals surface area contributed by atoms with Crippen molar-refractivity contribution in [2.75, 3.05) is 18.5 Å². The molecule has 2 aliphatic rings. The molecule has 0 spiro atoms. The molecule has 0 aliphatic carbocycles. The van der Waals surface area contributed by atoms with Crippen LogP contribution in [0.1, 0.15) is 18.7 Å². The summed E-state index contributed by atoms with van der Waals surface area (Å²) in [6, 6.07) is 9.07. The van der Waals surface area contributed by atoms with Gasteiger partial charge in [0.05, 0.1) is 20.8 Å². The Hall–Kier alpha value is -3.23. The zero-order valence-electron chi connectivity index (χ0n) is 19.5. The SMILES string of the molecule is CCNC(=O)Nc1ncnc2c1ncn2C1OC(COP(=O)([O-])[O-])C2OC(C=Cc3ccccc3)OC21. The van der Waals surface area contributed by atoms with Crippen LogP contribution in [0.4, 0.5) is 10.6 Å². The van der Waals surface area contributed by atoms with E-state index in [1.54, 1.807) is 17.6 Å². The lowest BCUT2D eigenvalue weighted by Gasteiger charge is -2.30. The number of nitrogens with zero attached hydrogens (tertiary/aromatic N) is 4. The molecule has 37 heavy (non-hydrogen) atoms. The molecule has 2 fully saturated rings. The molecule has 5 atom stereocenters. The molecule has 0 radical (unpaired) electrons. The summed E-state index contributed by atoms with van der Waals surface area (Å²) in [7, 11) is -5.24. The highest BCUT2D eigenvalue weighted by Gasteiger charge is 2.53. The molecule has 3 aromatic rings. The summed E-state index contributed by atoms with van der Waals surface area (Å²) >= 11 is 0. The van der Waals surface area contributed by atoms with E-state index in [0.717, 1.165) is 5.56 Å². The second-order valence-corrected chi connectivity index (χ2v) is 9.33. The highest BCUT2D eigenvalue weighted by molar-refractivity contribution is 7.43. The maximum absolute atomic E-state index is 12.0. The number of phosphoric acid groups is 1. The van der Waals surface area contributed by atoms with E-state index >= 15 is 0 Å². The zero-order chi connectivity index (χ0) is 26.0. The third-order valence-corrected chi connectivity index (χ3v) is 6.18. The number of anilines is 1. The van der Waals surface area contributed by atoms with Crippen molar-refractivity contribution in [2.24, 2.45) is 0 Å². The van der Waals surface area contributed by atoms with Crippen molar-refractivity contribution in [3.63, 3.8) is 0 Å². The van der Waals surface area contributed by atoms with Gasteiger partial charge in [0.25, 0.3) is 0 Å². The van der Waals surface area contributed by atoms with E-state index in [9.17, 15) is 19.1 Å². The molecule has 14 nitrogen and oxygen atoms in total. The van der Waals surface area contributed by atoms with E-state index in [1.807, 2.05) is 36.4 Å². The van der Waals surface area contributed by atoms with Gasteiger partial charge in [0.15, 0.2) is 29.5 Å². The van der Waals surface area contributed by atoms with Crippen molar-refractivity contribution in [2.45, 2.75) is 37.8 Å². The number of nitrogens with one attached hydrogen (secondary N) is 2. The van der Waals surface area contributed by atoms with E-state index in [-0.39, 0.29) is 5.82 Å². The third-order valence-electron chi connectivity index (χ3n) is 5.71. The number of fused-ring (bicyclic) bond motifs is 2. The van der Waals surface area contributed by atoms with Gasteiger partial charge in [0, 0.05) is 6.54 Å². The molecular formula is C22H23N6O8P-2. The average molecular weight is 530 g/mol. The van der Waals surface area contributed by atoms with E-state index in [2.05, 4.69) is 30.1 Å². The van der Waals surface area contributed by atoms with Crippen molar-refractivity contribution in [3.8, 4) is 0 Å². The molecule has 15 heteroatoms. The summed E-state index contributed by atoms with van der Waals surface area (Å²) in [4.78, 5) is 46.9. The fourth-order valence-corrected chi connectivity index (χ4v) is 4.50. The molecule has 1 aromatic carbocycles. The van der Waals surface area contributed by atoms with Gasteiger partial charge in [-0.1, -0.05) is 36.4 Å². The van der Waals surface area contributed by atoms with Crippen molar-refractivity contribution in [3.05, 3.63) is 54.6 Å². The number of aromatic nitrogens is 4. The van der Waals surface area contributed by atoms with Gasteiger partial charge in [0.1, 0.15) is 24.6 Å². The predicted molar refractivity (Wildman–Crippen MR) is 124 cm³/mol. The van der Waals surface area contributed by atoms with Gasteiger partial charge in [-0.3, -0.25) is 9.88 Å². The third kappa shape index (κ3) is 5.70. The largest absolute Gasteiger partial charge is 0.790 e. The molecule has 196 valence electrons. The normalized spacial score (nSPS) is 25.5. The first-order valence-electron chi connectivity index (χ1n) is 11.4. The fraction of sp³-hybridized carbons (Fsp3) is 0.364. The zero-order valence-corrected chi connectivity index (χ0v) is 20.4. The van der Waals surface area contributed by atoms with Gasteiger partial charge >= 0.3 is 6.03 Å². The monoisotopic (exact) mass is 530 g/mol. The van der Waals surface area contributed by atoms with Crippen molar-refractivity contribution in [1.82, 2.24) is 24.8 Å². The van der Waals surface area contributed by atoms with E-state index in [4.69, 9.17) is 14.2 Å². The molecule has 2 aromatic heterocycles. The van der Waals surface area contributed by atoms with Crippen molar-refractivity contribution < 1.29 is 37.9 Å². The highest BCUT2D eigenvalue weighted by atomic mass is 31.2. The first-order valence-corrected chi connectivity index (χ1v) is 12.9. The number of hydrogen-bond donors (Lipinski definition) is 2. The number of rotatable bonds is 8. The number of hydrogen-bond acceptors (Lipinski definition) is 11. The Morgan fingerprint density at radius 1 is 1.16 bits per heavy atom. The first kappa shape index (κ1) is 25.4. The van der Waals surface area contributed by atoms with Crippen LogP contribution in [0.5, 0.6) is 0 Å². The van der Waals surface area contributed by atoms with Crippen LogP contribution in [0.3, 0.4) is 0 Å². The minimum absolute atomic E-state index is 0.190. The minimum Gasteiger partial charge on any atom is -0.790 e. The Kier molecular flexibility index (Phi) is 7.31. The molecule has 2 saturated heterocycles. The summed E-state index contributed by atoms with van der Waals surface area (Å²) in [5.74, 6) is 0.190. The van der Waals surface area contributed by atoms with Gasteiger partial charge in [-0.05, 0) is 18.6 Å². The van der Waals surface area contributed by atoms with Crippen LogP contribution in [0.25, 0.3) is 17.2 Å². The summed E-state index contributed by atoms with van der Waals surface area (Å²) < 4.78 is 35.2. The van der Waals surface area contributed by atoms with Gasteiger partial charge < -0.3 is 38.4 Å². The Bertz CT molecular complexity index is 1330. The Balaban J connectivity index is 1.41. The first-order chi connectivity index (χ1) is 17.8. The molecule has 4 heterocycles. The second kappa shape index (κ2) is 10.6. The van der Waals surface area contributed by atoms with Crippen LogP contribution in [-0.4, -0.2) is 63.3 Å². The number of ether oxygens (including phenoxy) is 3. The van der Waals surface area contributed by atoms with Crippen molar-refractivity contribution in [1.29, 1.82) is 0 Å². The number of carbonyl (C=O) groups excluding carboxylic acids is 1. The maximum Gasteiger partial charge on any atom is 0.320 e. The number of urea groups is 1. The fourth-order valence-electron chi connectivity index (χ4n) is 4.17.